The van der Waals surface area contributed by atoms with Gasteiger partial charge in [-0.2, -0.15) is 5.26 Å². The number of thiophene rings is 1. The number of nitriles is 1. The molecule has 0 spiro atoms. The van der Waals surface area contributed by atoms with Crippen LogP contribution in [0.3, 0.4) is 0 Å². The van der Waals surface area contributed by atoms with Gasteiger partial charge in [0.15, 0.2) is 5.78 Å². The Balaban J connectivity index is 1.95. The maximum atomic E-state index is 12.6. The van der Waals surface area contributed by atoms with Gasteiger partial charge < -0.3 is 0 Å². The largest absolute Gasteiger partial charge is 0.291 e. The molecule has 0 amide bonds. The van der Waals surface area contributed by atoms with Gasteiger partial charge >= 0.3 is 0 Å². The molecule has 0 bridgehead atoms. The zero-order valence-electron chi connectivity index (χ0n) is 11.0. The Kier molecular flexibility index (Phi) is 4.03. The molecule has 0 saturated heterocycles. The van der Waals surface area contributed by atoms with Gasteiger partial charge in [-0.3, -0.25) is 4.79 Å². The van der Waals surface area contributed by atoms with E-state index in [2.05, 4.69) is 6.07 Å². The smallest absolute Gasteiger partial charge is 0.194 e. The Hall–Kier alpha value is -1.34. The van der Waals surface area contributed by atoms with Gasteiger partial charge in [0.2, 0.25) is 0 Å². The lowest BCUT2D eigenvalue weighted by Crippen LogP contribution is -2.10. The molecule has 0 fully saturated rings. The van der Waals surface area contributed by atoms with Crippen molar-refractivity contribution < 1.29 is 4.79 Å². The molecule has 1 atom stereocenters. The lowest BCUT2D eigenvalue weighted by atomic mass is 9.95. The maximum absolute atomic E-state index is 12.6. The van der Waals surface area contributed by atoms with Gasteiger partial charge in [0.1, 0.15) is 5.92 Å². The summed E-state index contributed by atoms with van der Waals surface area (Å²) in [6.07, 6.45) is 3.21. The molecule has 0 saturated carbocycles. The van der Waals surface area contributed by atoms with Crippen molar-refractivity contribution in [3.8, 4) is 6.07 Å². The number of Topliss-reactive ketones (excluding diaryl/α,β-unsaturated/α-hetero) is 1. The Labute approximate surface area is 136 Å². The molecule has 1 aliphatic rings. The molecular formula is C16H11Cl2NOS. The van der Waals surface area contributed by atoms with E-state index in [-0.39, 0.29) is 5.78 Å². The standard InChI is InChI=1S/C16H11Cl2NOS/c17-10-4-5-11(13(18)7-10)12(8-19)16(20)15-6-9-2-1-3-14(9)21-15/h4-7,12H,1-3H2. The van der Waals surface area contributed by atoms with Crippen molar-refractivity contribution in [2.45, 2.75) is 25.2 Å². The molecule has 3 rings (SSSR count). The highest BCUT2D eigenvalue weighted by molar-refractivity contribution is 7.14. The third-order valence-electron chi connectivity index (χ3n) is 3.65. The highest BCUT2D eigenvalue weighted by Gasteiger charge is 2.27. The first-order valence-electron chi connectivity index (χ1n) is 6.60. The number of benzene rings is 1. The Morgan fingerprint density at radius 3 is 2.76 bits per heavy atom. The molecule has 106 valence electrons. The van der Waals surface area contributed by atoms with Crippen molar-refractivity contribution in [2.24, 2.45) is 0 Å². The van der Waals surface area contributed by atoms with E-state index in [0.29, 0.717) is 20.5 Å². The van der Waals surface area contributed by atoms with Crippen LogP contribution in [0.5, 0.6) is 0 Å². The van der Waals surface area contributed by atoms with E-state index in [1.807, 2.05) is 6.07 Å². The SMILES string of the molecule is N#CC(C(=O)c1cc2c(s1)CCC2)c1ccc(Cl)cc1Cl. The van der Waals surface area contributed by atoms with E-state index in [4.69, 9.17) is 23.2 Å². The van der Waals surface area contributed by atoms with E-state index >= 15 is 0 Å². The first kappa shape index (κ1) is 14.6. The number of carbonyl (C=O) groups is 1. The summed E-state index contributed by atoms with van der Waals surface area (Å²) in [7, 11) is 0. The molecule has 0 radical (unpaired) electrons. The summed E-state index contributed by atoms with van der Waals surface area (Å²) < 4.78 is 0. The van der Waals surface area contributed by atoms with Crippen LogP contribution in [0.4, 0.5) is 0 Å². The van der Waals surface area contributed by atoms with Crippen LogP contribution in [-0.2, 0) is 12.8 Å². The predicted molar refractivity (Wildman–Crippen MR) is 85.5 cm³/mol. The topological polar surface area (TPSA) is 40.9 Å². The van der Waals surface area contributed by atoms with Crippen molar-refractivity contribution in [2.75, 3.05) is 0 Å². The predicted octanol–water partition coefficient (Wildman–Crippen LogP) is 5.03. The molecule has 0 N–H and O–H groups in total. The number of hydrogen-bond donors (Lipinski definition) is 0. The minimum atomic E-state index is -0.881. The minimum Gasteiger partial charge on any atom is -0.291 e. The van der Waals surface area contributed by atoms with Crippen LogP contribution < -0.4 is 0 Å². The number of carbonyl (C=O) groups excluding carboxylic acids is 1. The molecule has 0 aliphatic heterocycles. The van der Waals surface area contributed by atoms with Gasteiger partial charge in [-0.1, -0.05) is 29.3 Å². The number of aryl methyl sites for hydroxylation is 2. The lowest BCUT2D eigenvalue weighted by molar-refractivity contribution is 0.0982. The van der Waals surface area contributed by atoms with E-state index in [1.165, 1.54) is 21.8 Å². The number of rotatable bonds is 3. The Morgan fingerprint density at radius 2 is 2.10 bits per heavy atom. The van der Waals surface area contributed by atoms with Crippen LogP contribution in [0.1, 0.15) is 38.0 Å². The van der Waals surface area contributed by atoms with Crippen molar-refractivity contribution in [1.29, 1.82) is 5.26 Å². The zero-order valence-corrected chi connectivity index (χ0v) is 13.4. The Morgan fingerprint density at radius 1 is 1.29 bits per heavy atom. The first-order valence-corrected chi connectivity index (χ1v) is 8.17. The average Bonchev–Trinajstić information content (AvgIpc) is 3.02. The first-order chi connectivity index (χ1) is 10.1. The molecule has 2 nitrogen and oxygen atoms in total. The summed E-state index contributed by atoms with van der Waals surface area (Å²) in [5.41, 5.74) is 1.77. The molecule has 21 heavy (non-hydrogen) atoms. The fourth-order valence-corrected chi connectivity index (χ4v) is 4.34. The minimum absolute atomic E-state index is 0.180. The molecule has 1 heterocycles. The second-order valence-electron chi connectivity index (χ2n) is 5.00. The summed E-state index contributed by atoms with van der Waals surface area (Å²) in [6.45, 7) is 0. The van der Waals surface area contributed by atoms with Crippen molar-refractivity contribution in [3.05, 3.63) is 55.2 Å². The number of halogens is 2. The van der Waals surface area contributed by atoms with Crippen LogP contribution in [0.2, 0.25) is 10.0 Å². The van der Waals surface area contributed by atoms with Crippen LogP contribution in [0.25, 0.3) is 0 Å². The third-order valence-corrected chi connectivity index (χ3v) is 5.47. The molecule has 1 aromatic heterocycles. The van der Waals surface area contributed by atoms with Crippen LogP contribution in [0.15, 0.2) is 24.3 Å². The maximum Gasteiger partial charge on any atom is 0.194 e. The van der Waals surface area contributed by atoms with Gasteiger partial charge in [-0.15, -0.1) is 11.3 Å². The number of nitrogens with zero attached hydrogens (tertiary/aromatic N) is 1. The highest BCUT2D eigenvalue weighted by Crippen LogP contribution is 2.35. The summed E-state index contributed by atoms with van der Waals surface area (Å²) in [5.74, 6) is -1.06. The van der Waals surface area contributed by atoms with Gasteiger partial charge in [0.05, 0.1) is 10.9 Å². The van der Waals surface area contributed by atoms with Gasteiger partial charge in [0.25, 0.3) is 0 Å². The summed E-state index contributed by atoms with van der Waals surface area (Å²) in [6, 6.07) is 8.86. The molecule has 2 aromatic rings. The summed E-state index contributed by atoms with van der Waals surface area (Å²) in [4.78, 5) is 14.5. The fourth-order valence-electron chi connectivity index (χ4n) is 2.60. The summed E-state index contributed by atoms with van der Waals surface area (Å²) in [5, 5.41) is 10.2. The van der Waals surface area contributed by atoms with Crippen molar-refractivity contribution in [3.63, 3.8) is 0 Å². The Bertz CT molecular complexity index is 739. The van der Waals surface area contributed by atoms with Crippen LogP contribution >= 0.6 is 34.5 Å². The normalized spacial score (nSPS) is 14.5. The second-order valence-corrected chi connectivity index (χ2v) is 6.99. The van der Waals surface area contributed by atoms with Crippen LogP contribution in [-0.4, -0.2) is 5.78 Å². The number of ketones is 1. The quantitative estimate of drug-likeness (QED) is 0.737. The van der Waals surface area contributed by atoms with Gasteiger partial charge in [-0.25, -0.2) is 0 Å². The lowest BCUT2D eigenvalue weighted by Gasteiger charge is -2.09. The zero-order chi connectivity index (χ0) is 15.0. The van der Waals surface area contributed by atoms with Gasteiger partial charge in [-0.05, 0) is 48.6 Å². The molecule has 5 heteroatoms. The molecule has 1 unspecified atom stereocenters. The molecule has 1 aromatic carbocycles. The average molecular weight is 336 g/mol. The van der Waals surface area contributed by atoms with Crippen molar-refractivity contribution in [1.82, 2.24) is 0 Å². The number of fused-ring (bicyclic) bond motifs is 1. The van der Waals surface area contributed by atoms with E-state index < -0.39 is 5.92 Å². The summed E-state index contributed by atoms with van der Waals surface area (Å²) >= 11 is 13.5. The van der Waals surface area contributed by atoms with E-state index in [9.17, 15) is 10.1 Å². The third kappa shape index (κ3) is 2.72. The second kappa shape index (κ2) is 5.81. The number of hydrogen-bond acceptors (Lipinski definition) is 3. The van der Waals surface area contributed by atoms with Crippen LogP contribution in [0, 0.1) is 11.3 Å². The van der Waals surface area contributed by atoms with Gasteiger partial charge in [0, 0.05) is 14.9 Å². The highest BCUT2D eigenvalue weighted by atomic mass is 35.5. The van der Waals surface area contributed by atoms with E-state index in [1.54, 1.807) is 18.2 Å². The van der Waals surface area contributed by atoms with Crippen molar-refractivity contribution >= 4 is 40.3 Å². The monoisotopic (exact) mass is 335 g/mol. The molecule has 1 aliphatic carbocycles. The van der Waals surface area contributed by atoms with E-state index in [0.717, 1.165) is 19.3 Å². The molecular weight excluding hydrogens is 325 g/mol. The fraction of sp³-hybridized carbons (Fsp3) is 0.250.